The monoisotopic (exact) mass is 417 g/mol. The number of carbonyl (C=O) groups is 2. The molecule has 2 atom stereocenters. The molecule has 1 aromatic heterocycles. The zero-order chi connectivity index (χ0) is 19.5. The maximum absolute atomic E-state index is 13.1. The van der Waals surface area contributed by atoms with Gasteiger partial charge in [-0.2, -0.15) is 5.10 Å². The molecule has 7 nitrogen and oxygen atoms in total. The fourth-order valence-corrected chi connectivity index (χ4v) is 4.28. The summed E-state index contributed by atoms with van der Waals surface area (Å²) in [5.41, 5.74) is 1.94. The van der Waals surface area contributed by atoms with E-state index >= 15 is 0 Å². The number of benzene rings is 1. The Labute approximate surface area is 177 Å². The number of amides is 2. The Balaban J connectivity index is 0.00000240. The molecule has 2 aliphatic rings. The molecule has 0 bridgehead atoms. The van der Waals surface area contributed by atoms with Crippen LogP contribution < -0.4 is 10.6 Å². The van der Waals surface area contributed by atoms with Gasteiger partial charge in [0.1, 0.15) is 0 Å². The van der Waals surface area contributed by atoms with Gasteiger partial charge in [0, 0.05) is 56.9 Å². The average molecular weight is 418 g/mol. The Morgan fingerprint density at radius 3 is 2.52 bits per heavy atom. The summed E-state index contributed by atoms with van der Waals surface area (Å²) in [6.45, 7) is 2.79. The first-order valence-corrected chi connectivity index (χ1v) is 9.96. The summed E-state index contributed by atoms with van der Waals surface area (Å²) in [7, 11) is 1.90. The normalized spacial score (nSPS) is 22.2. The van der Waals surface area contributed by atoms with E-state index in [2.05, 4.69) is 15.7 Å². The molecule has 2 N–H and O–H groups in total. The van der Waals surface area contributed by atoms with Crippen molar-refractivity contribution >= 4 is 29.9 Å². The number of likely N-dealkylation sites (tertiary alicyclic amines) is 1. The van der Waals surface area contributed by atoms with Crippen LogP contribution in [-0.4, -0.2) is 52.7 Å². The van der Waals surface area contributed by atoms with Crippen molar-refractivity contribution in [1.29, 1.82) is 0 Å². The zero-order valence-electron chi connectivity index (χ0n) is 16.6. The van der Waals surface area contributed by atoms with Gasteiger partial charge in [0.25, 0.3) is 0 Å². The molecule has 2 fully saturated rings. The van der Waals surface area contributed by atoms with Crippen LogP contribution in [0.5, 0.6) is 0 Å². The standard InChI is InChI=1S/C21H27N5O2.ClH/c1-25-14-16(11-23-25)18-12-22-13-19(18)21(28)26-9-7-15(8-10-26)20(27)24-17-5-3-2-4-6-17;/h2-6,11,14-15,18-19,22H,7-10,12-13H2,1H3,(H,24,27);1H/t18-,19+;/m1./s1. The SMILES string of the molecule is Cl.Cn1cc([C@H]2CNC[C@@H]2C(=O)N2CCC(C(=O)Nc3ccccc3)CC2)cn1. The van der Waals surface area contributed by atoms with Gasteiger partial charge in [0.05, 0.1) is 12.1 Å². The van der Waals surface area contributed by atoms with E-state index in [1.54, 1.807) is 4.68 Å². The highest BCUT2D eigenvalue weighted by atomic mass is 35.5. The van der Waals surface area contributed by atoms with Crippen LogP contribution in [0.15, 0.2) is 42.7 Å². The molecular formula is C21H28ClN5O2. The smallest absolute Gasteiger partial charge is 0.227 e. The van der Waals surface area contributed by atoms with E-state index in [-0.39, 0.29) is 42.0 Å². The third-order valence-corrected chi connectivity index (χ3v) is 5.90. The second kappa shape index (κ2) is 9.41. The van der Waals surface area contributed by atoms with Crippen molar-refractivity contribution < 1.29 is 9.59 Å². The molecule has 3 heterocycles. The minimum Gasteiger partial charge on any atom is -0.342 e. The maximum Gasteiger partial charge on any atom is 0.227 e. The van der Waals surface area contributed by atoms with Gasteiger partial charge in [-0.3, -0.25) is 14.3 Å². The van der Waals surface area contributed by atoms with Gasteiger partial charge in [-0.15, -0.1) is 12.4 Å². The molecule has 0 spiro atoms. The molecule has 0 unspecified atom stereocenters. The van der Waals surface area contributed by atoms with E-state index in [1.807, 2.05) is 54.7 Å². The number of halogens is 1. The molecule has 0 radical (unpaired) electrons. The number of aromatic nitrogens is 2. The van der Waals surface area contributed by atoms with Gasteiger partial charge >= 0.3 is 0 Å². The summed E-state index contributed by atoms with van der Waals surface area (Å²) in [6, 6.07) is 9.53. The van der Waals surface area contributed by atoms with E-state index < -0.39 is 0 Å². The summed E-state index contributed by atoms with van der Waals surface area (Å²) in [4.78, 5) is 27.6. The Hall–Kier alpha value is -2.38. The molecule has 29 heavy (non-hydrogen) atoms. The predicted molar refractivity (Wildman–Crippen MR) is 114 cm³/mol. The molecule has 0 aliphatic carbocycles. The Kier molecular flexibility index (Phi) is 6.92. The number of para-hydroxylation sites is 1. The molecule has 0 saturated carbocycles. The second-order valence-corrected chi connectivity index (χ2v) is 7.77. The maximum atomic E-state index is 13.1. The molecule has 2 saturated heterocycles. The number of anilines is 1. The van der Waals surface area contributed by atoms with Crippen molar-refractivity contribution in [3.63, 3.8) is 0 Å². The first-order chi connectivity index (χ1) is 13.6. The first-order valence-electron chi connectivity index (χ1n) is 9.96. The number of nitrogens with one attached hydrogen (secondary N) is 2. The largest absolute Gasteiger partial charge is 0.342 e. The Bertz CT molecular complexity index is 833. The van der Waals surface area contributed by atoms with Crippen molar-refractivity contribution in [3.8, 4) is 0 Å². The minimum absolute atomic E-state index is 0. The lowest BCUT2D eigenvalue weighted by Crippen LogP contribution is -2.45. The molecular weight excluding hydrogens is 390 g/mol. The third kappa shape index (κ3) is 4.79. The van der Waals surface area contributed by atoms with Gasteiger partial charge in [-0.25, -0.2) is 0 Å². The minimum atomic E-state index is -0.0566. The van der Waals surface area contributed by atoms with Crippen molar-refractivity contribution in [2.24, 2.45) is 18.9 Å². The van der Waals surface area contributed by atoms with Crippen molar-refractivity contribution in [2.75, 3.05) is 31.5 Å². The number of carbonyl (C=O) groups excluding carboxylic acids is 2. The van der Waals surface area contributed by atoms with Gasteiger partial charge in [-0.1, -0.05) is 18.2 Å². The first kappa shape index (κ1) is 21.3. The quantitative estimate of drug-likeness (QED) is 0.797. The van der Waals surface area contributed by atoms with Crippen molar-refractivity contribution in [2.45, 2.75) is 18.8 Å². The lowest BCUT2D eigenvalue weighted by Gasteiger charge is -2.34. The van der Waals surface area contributed by atoms with E-state index in [4.69, 9.17) is 0 Å². The Morgan fingerprint density at radius 1 is 1.14 bits per heavy atom. The van der Waals surface area contributed by atoms with E-state index in [9.17, 15) is 9.59 Å². The highest BCUT2D eigenvalue weighted by molar-refractivity contribution is 5.92. The van der Waals surface area contributed by atoms with E-state index in [1.165, 1.54) is 0 Å². The number of hydrogen-bond donors (Lipinski definition) is 2. The van der Waals surface area contributed by atoms with Crippen LogP contribution in [0.25, 0.3) is 0 Å². The van der Waals surface area contributed by atoms with Crippen LogP contribution >= 0.6 is 12.4 Å². The highest BCUT2D eigenvalue weighted by Gasteiger charge is 2.38. The van der Waals surface area contributed by atoms with Gasteiger partial charge < -0.3 is 15.5 Å². The van der Waals surface area contributed by atoms with E-state index in [0.717, 1.165) is 17.8 Å². The molecule has 2 aliphatic heterocycles. The number of nitrogens with zero attached hydrogens (tertiary/aromatic N) is 3. The summed E-state index contributed by atoms with van der Waals surface area (Å²) in [5, 5.41) is 10.6. The third-order valence-electron chi connectivity index (χ3n) is 5.90. The highest BCUT2D eigenvalue weighted by Crippen LogP contribution is 2.31. The topological polar surface area (TPSA) is 79.3 Å². The lowest BCUT2D eigenvalue weighted by atomic mass is 9.88. The van der Waals surface area contributed by atoms with Crippen LogP contribution in [0.3, 0.4) is 0 Å². The molecule has 156 valence electrons. The van der Waals surface area contributed by atoms with Gasteiger partial charge in [0.15, 0.2) is 0 Å². The van der Waals surface area contributed by atoms with Crippen molar-refractivity contribution in [3.05, 3.63) is 48.3 Å². The number of piperidine rings is 1. The Morgan fingerprint density at radius 2 is 1.86 bits per heavy atom. The van der Waals surface area contributed by atoms with Crippen LogP contribution in [0.4, 0.5) is 5.69 Å². The predicted octanol–water partition coefficient (Wildman–Crippen LogP) is 2.02. The summed E-state index contributed by atoms with van der Waals surface area (Å²) in [6.07, 6.45) is 5.28. The van der Waals surface area contributed by atoms with Crippen LogP contribution in [0.1, 0.15) is 24.3 Å². The lowest BCUT2D eigenvalue weighted by molar-refractivity contribution is -0.138. The number of hydrogen-bond acceptors (Lipinski definition) is 4. The van der Waals surface area contributed by atoms with Crippen LogP contribution in [0.2, 0.25) is 0 Å². The molecule has 1 aromatic carbocycles. The summed E-state index contributed by atoms with van der Waals surface area (Å²) < 4.78 is 1.78. The van der Waals surface area contributed by atoms with Crippen molar-refractivity contribution in [1.82, 2.24) is 20.0 Å². The van der Waals surface area contributed by atoms with Gasteiger partial charge in [-0.05, 0) is 30.5 Å². The van der Waals surface area contributed by atoms with Crippen LogP contribution in [-0.2, 0) is 16.6 Å². The molecule has 2 amide bonds. The average Bonchev–Trinajstić information content (AvgIpc) is 3.37. The summed E-state index contributed by atoms with van der Waals surface area (Å²) in [5.74, 6) is 0.314. The molecule has 8 heteroatoms. The van der Waals surface area contributed by atoms with Crippen LogP contribution in [0, 0.1) is 11.8 Å². The summed E-state index contributed by atoms with van der Waals surface area (Å²) >= 11 is 0. The van der Waals surface area contributed by atoms with Gasteiger partial charge in [0.2, 0.25) is 11.8 Å². The molecule has 4 rings (SSSR count). The fourth-order valence-electron chi connectivity index (χ4n) is 4.28. The fraction of sp³-hybridized carbons (Fsp3) is 0.476. The number of aryl methyl sites for hydroxylation is 1. The zero-order valence-corrected chi connectivity index (χ0v) is 17.4. The van der Waals surface area contributed by atoms with E-state index in [0.29, 0.717) is 32.5 Å². The number of rotatable bonds is 4. The second-order valence-electron chi connectivity index (χ2n) is 7.77. The molecule has 2 aromatic rings.